The second kappa shape index (κ2) is 6.81. The van der Waals surface area contributed by atoms with Crippen LogP contribution in [0.1, 0.15) is 25.8 Å². The van der Waals surface area contributed by atoms with Crippen LogP contribution in [0.25, 0.3) is 0 Å². The number of benzene rings is 1. The molecule has 0 aromatic heterocycles. The minimum Gasteiger partial charge on any atom is -0.296 e. The molecule has 0 heterocycles. The molecule has 0 aliphatic heterocycles. The SMILES string of the molecule is CC(C)N(CCC#N)Cc1cccc([N+](=O)[O-])c1F. The van der Waals surface area contributed by atoms with Crippen LogP contribution in [0, 0.1) is 27.3 Å². The molecule has 0 aliphatic rings. The maximum Gasteiger partial charge on any atom is 0.305 e. The van der Waals surface area contributed by atoms with Crippen LogP contribution in [-0.4, -0.2) is 22.4 Å². The van der Waals surface area contributed by atoms with Crippen molar-refractivity contribution in [2.75, 3.05) is 6.54 Å². The second-order valence-corrected chi connectivity index (χ2v) is 4.48. The molecule has 0 spiro atoms. The van der Waals surface area contributed by atoms with Crippen LogP contribution < -0.4 is 0 Å². The fourth-order valence-electron chi connectivity index (χ4n) is 1.76. The van der Waals surface area contributed by atoms with E-state index in [2.05, 4.69) is 0 Å². The summed E-state index contributed by atoms with van der Waals surface area (Å²) in [7, 11) is 0. The smallest absolute Gasteiger partial charge is 0.296 e. The van der Waals surface area contributed by atoms with Gasteiger partial charge in [-0.3, -0.25) is 15.0 Å². The fourth-order valence-corrected chi connectivity index (χ4v) is 1.76. The van der Waals surface area contributed by atoms with Crippen molar-refractivity contribution >= 4 is 5.69 Å². The zero-order valence-corrected chi connectivity index (χ0v) is 11.0. The Morgan fingerprint density at radius 2 is 2.21 bits per heavy atom. The van der Waals surface area contributed by atoms with E-state index in [9.17, 15) is 14.5 Å². The zero-order valence-electron chi connectivity index (χ0n) is 11.0. The molecular formula is C13H16FN3O2. The molecule has 0 atom stereocenters. The van der Waals surface area contributed by atoms with Crippen LogP contribution in [0.4, 0.5) is 10.1 Å². The van der Waals surface area contributed by atoms with E-state index in [0.29, 0.717) is 13.0 Å². The van der Waals surface area contributed by atoms with Crippen molar-refractivity contribution in [1.29, 1.82) is 5.26 Å². The van der Waals surface area contributed by atoms with E-state index in [1.165, 1.54) is 12.1 Å². The largest absolute Gasteiger partial charge is 0.305 e. The van der Waals surface area contributed by atoms with Gasteiger partial charge in [-0.25, -0.2) is 0 Å². The van der Waals surface area contributed by atoms with Crippen molar-refractivity contribution in [2.24, 2.45) is 0 Å². The Morgan fingerprint density at radius 1 is 1.53 bits per heavy atom. The lowest BCUT2D eigenvalue weighted by molar-refractivity contribution is -0.387. The van der Waals surface area contributed by atoms with Crippen LogP contribution in [0.3, 0.4) is 0 Å². The van der Waals surface area contributed by atoms with E-state index in [4.69, 9.17) is 5.26 Å². The summed E-state index contributed by atoms with van der Waals surface area (Å²) in [4.78, 5) is 11.9. The van der Waals surface area contributed by atoms with Crippen molar-refractivity contribution in [2.45, 2.75) is 32.9 Å². The molecule has 1 rings (SSSR count). The van der Waals surface area contributed by atoms with Crippen LogP contribution in [-0.2, 0) is 6.54 Å². The molecule has 0 saturated carbocycles. The molecule has 0 radical (unpaired) electrons. The van der Waals surface area contributed by atoms with Gasteiger partial charge in [0.15, 0.2) is 0 Å². The summed E-state index contributed by atoms with van der Waals surface area (Å²) in [6.45, 7) is 4.64. The summed E-state index contributed by atoms with van der Waals surface area (Å²) in [5, 5.41) is 19.3. The lowest BCUT2D eigenvalue weighted by Gasteiger charge is -2.25. The number of nitrogens with zero attached hydrogens (tertiary/aromatic N) is 3. The maximum atomic E-state index is 13.9. The number of hydrogen-bond acceptors (Lipinski definition) is 4. The second-order valence-electron chi connectivity index (χ2n) is 4.48. The molecule has 5 nitrogen and oxygen atoms in total. The molecule has 0 aliphatic carbocycles. The highest BCUT2D eigenvalue weighted by atomic mass is 19.1. The first kappa shape index (κ1) is 15.1. The maximum absolute atomic E-state index is 13.9. The Morgan fingerprint density at radius 3 is 2.74 bits per heavy atom. The van der Waals surface area contributed by atoms with Gasteiger partial charge in [0.05, 0.1) is 11.0 Å². The third-order valence-electron chi connectivity index (χ3n) is 2.87. The summed E-state index contributed by atoms with van der Waals surface area (Å²) in [6.07, 6.45) is 0.342. The van der Waals surface area contributed by atoms with E-state index in [-0.39, 0.29) is 18.2 Å². The molecule has 0 amide bonds. The van der Waals surface area contributed by atoms with Crippen molar-refractivity contribution in [3.05, 3.63) is 39.7 Å². The van der Waals surface area contributed by atoms with Gasteiger partial charge in [-0.15, -0.1) is 0 Å². The van der Waals surface area contributed by atoms with Gasteiger partial charge in [-0.05, 0) is 13.8 Å². The molecule has 102 valence electrons. The van der Waals surface area contributed by atoms with E-state index in [0.717, 1.165) is 6.07 Å². The predicted molar refractivity (Wildman–Crippen MR) is 68.8 cm³/mol. The van der Waals surface area contributed by atoms with Gasteiger partial charge >= 0.3 is 5.69 Å². The fraction of sp³-hybridized carbons (Fsp3) is 0.462. The van der Waals surface area contributed by atoms with Crippen LogP contribution in [0.15, 0.2) is 18.2 Å². The Bertz CT molecular complexity index is 497. The number of hydrogen-bond donors (Lipinski definition) is 0. The Labute approximate surface area is 111 Å². The van der Waals surface area contributed by atoms with E-state index < -0.39 is 16.4 Å². The highest BCUT2D eigenvalue weighted by Gasteiger charge is 2.19. The van der Waals surface area contributed by atoms with Crippen molar-refractivity contribution < 1.29 is 9.31 Å². The Kier molecular flexibility index (Phi) is 5.39. The van der Waals surface area contributed by atoms with Crippen LogP contribution >= 0.6 is 0 Å². The molecule has 19 heavy (non-hydrogen) atoms. The lowest BCUT2D eigenvalue weighted by atomic mass is 10.1. The van der Waals surface area contributed by atoms with E-state index >= 15 is 0 Å². The van der Waals surface area contributed by atoms with Crippen LogP contribution in [0.2, 0.25) is 0 Å². The minimum absolute atomic E-state index is 0.131. The van der Waals surface area contributed by atoms with Crippen LogP contribution in [0.5, 0.6) is 0 Å². The number of rotatable bonds is 6. The molecule has 1 aromatic rings. The number of nitro groups is 1. The molecule has 0 N–H and O–H groups in total. The summed E-state index contributed by atoms with van der Waals surface area (Å²) in [5.41, 5.74) is -0.234. The summed E-state index contributed by atoms with van der Waals surface area (Å²) in [6, 6.07) is 6.32. The third kappa shape index (κ3) is 4.00. The van der Waals surface area contributed by atoms with Gasteiger partial charge in [-0.2, -0.15) is 9.65 Å². The summed E-state index contributed by atoms with van der Waals surface area (Å²) in [5.74, 6) is -0.796. The first-order chi connectivity index (χ1) is 8.97. The highest BCUT2D eigenvalue weighted by Crippen LogP contribution is 2.22. The highest BCUT2D eigenvalue weighted by molar-refractivity contribution is 5.36. The predicted octanol–water partition coefficient (Wildman–Crippen LogP) is 2.86. The quantitative estimate of drug-likeness (QED) is 0.585. The van der Waals surface area contributed by atoms with E-state index in [1.54, 1.807) is 0 Å². The summed E-state index contributed by atoms with van der Waals surface area (Å²) < 4.78 is 13.9. The molecule has 0 unspecified atom stereocenters. The van der Waals surface area contributed by atoms with Crippen molar-refractivity contribution in [3.63, 3.8) is 0 Å². The lowest BCUT2D eigenvalue weighted by Crippen LogP contribution is -2.31. The number of nitriles is 1. The Hall–Kier alpha value is -2.00. The normalized spacial score (nSPS) is 10.7. The van der Waals surface area contributed by atoms with Gasteiger partial charge in [0, 0.05) is 37.2 Å². The van der Waals surface area contributed by atoms with Crippen molar-refractivity contribution in [3.8, 4) is 6.07 Å². The number of halogens is 1. The molecular weight excluding hydrogens is 249 g/mol. The van der Waals surface area contributed by atoms with Gasteiger partial charge in [0.1, 0.15) is 0 Å². The first-order valence-corrected chi connectivity index (χ1v) is 6.00. The molecule has 0 fully saturated rings. The van der Waals surface area contributed by atoms with Gasteiger partial charge < -0.3 is 0 Å². The topological polar surface area (TPSA) is 70.2 Å². The van der Waals surface area contributed by atoms with Gasteiger partial charge in [0.2, 0.25) is 5.82 Å². The summed E-state index contributed by atoms with van der Waals surface area (Å²) >= 11 is 0. The molecule has 0 bridgehead atoms. The van der Waals surface area contributed by atoms with Crippen molar-refractivity contribution in [1.82, 2.24) is 4.90 Å². The number of nitro benzene ring substituents is 1. The average molecular weight is 265 g/mol. The molecule has 0 saturated heterocycles. The molecule has 6 heteroatoms. The standard InChI is InChI=1S/C13H16FN3O2/c1-10(2)16(8-4-7-15)9-11-5-3-6-12(13(11)14)17(18)19/h3,5-6,10H,4,8-9H2,1-2H3. The average Bonchev–Trinajstić information content (AvgIpc) is 2.35. The Balaban J connectivity index is 2.94. The third-order valence-corrected chi connectivity index (χ3v) is 2.87. The minimum atomic E-state index is -0.796. The van der Waals surface area contributed by atoms with Gasteiger partial charge in [0.25, 0.3) is 0 Å². The molecule has 1 aromatic carbocycles. The first-order valence-electron chi connectivity index (χ1n) is 6.00. The van der Waals surface area contributed by atoms with Gasteiger partial charge in [-0.1, -0.05) is 12.1 Å². The van der Waals surface area contributed by atoms with E-state index in [1.807, 2.05) is 24.8 Å². The zero-order chi connectivity index (χ0) is 14.4. The monoisotopic (exact) mass is 265 g/mol.